The summed E-state index contributed by atoms with van der Waals surface area (Å²) in [6, 6.07) is 13.5. The van der Waals surface area contributed by atoms with E-state index in [9.17, 15) is 0 Å². The Kier molecular flexibility index (Phi) is 6.05. The van der Waals surface area contributed by atoms with Gasteiger partial charge in [0.25, 0.3) is 0 Å². The summed E-state index contributed by atoms with van der Waals surface area (Å²) in [7, 11) is 0. The first-order valence-electron chi connectivity index (χ1n) is 7.04. The standard InChI is InChI=1S/C17H20ClNO2/c1-2-19-10-15-4-3-5-16(18)17(15)21-12-14-8-6-13(11-20)7-9-14/h3-9,19-20H,2,10-12H2,1H3. The molecular weight excluding hydrogens is 286 g/mol. The lowest BCUT2D eigenvalue weighted by Crippen LogP contribution is -2.13. The summed E-state index contributed by atoms with van der Waals surface area (Å²) in [5, 5.41) is 12.9. The third kappa shape index (κ3) is 4.46. The van der Waals surface area contributed by atoms with Crippen LogP contribution in [0.25, 0.3) is 0 Å². The zero-order chi connectivity index (χ0) is 15.1. The van der Waals surface area contributed by atoms with Crippen LogP contribution in [0.15, 0.2) is 42.5 Å². The lowest BCUT2D eigenvalue weighted by Gasteiger charge is -2.13. The third-order valence-corrected chi connectivity index (χ3v) is 3.50. The van der Waals surface area contributed by atoms with E-state index in [2.05, 4.69) is 12.2 Å². The number of nitrogens with one attached hydrogen (secondary N) is 1. The second kappa shape index (κ2) is 8.03. The zero-order valence-electron chi connectivity index (χ0n) is 12.1. The van der Waals surface area contributed by atoms with E-state index in [0.717, 1.165) is 35.5 Å². The van der Waals surface area contributed by atoms with Gasteiger partial charge in [-0.3, -0.25) is 0 Å². The Morgan fingerprint density at radius 1 is 1.10 bits per heavy atom. The van der Waals surface area contributed by atoms with Crippen molar-refractivity contribution < 1.29 is 9.84 Å². The fourth-order valence-electron chi connectivity index (χ4n) is 2.01. The fourth-order valence-corrected chi connectivity index (χ4v) is 2.26. The predicted octanol–water partition coefficient (Wildman–Crippen LogP) is 3.52. The van der Waals surface area contributed by atoms with E-state index in [-0.39, 0.29) is 6.61 Å². The van der Waals surface area contributed by atoms with Crippen LogP contribution in [0.4, 0.5) is 0 Å². The zero-order valence-corrected chi connectivity index (χ0v) is 12.9. The van der Waals surface area contributed by atoms with Gasteiger partial charge in [0, 0.05) is 12.1 Å². The molecule has 0 aromatic heterocycles. The predicted molar refractivity (Wildman–Crippen MR) is 85.5 cm³/mol. The van der Waals surface area contributed by atoms with Crippen LogP contribution >= 0.6 is 11.6 Å². The van der Waals surface area contributed by atoms with E-state index in [1.54, 1.807) is 0 Å². The Balaban J connectivity index is 2.07. The maximum absolute atomic E-state index is 9.04. The van der Waals surface area contributed by atoms with Crippen molar-refractivity contribution >= 4 is 11.6 Å². The van der Waals surface area contributed by atoms with Crippen molar-refractivity contribution in [2.75, 3.05) is 6.54 Å². The molecule has 0 aliphatic rings. The van der Waals surface area contributed by atoms with Crippen LogP contribution in [0, 0.1) is 0 Å². The molecule has 0 fully saturated rings. The van der Waals surface area contributed by atoms with Gasteiger partial charge in [0.05, 0.1) is 11.6 Å². The Morgan fingerprint density at radius 2 is 1.81 bits per heavy atom. The smallest absolute Gasteiger partial charge is 0.142 e. The molecule has 0 amide bonds. The maximum atomic E-state index is 9.04. The lowest BCUT2D eigenvalue weighted by atomic mass is 10.1. The van der Waals surface area contributed by atoms with Gasteiger partial charge in [-0.1, -0.05) is 54.9 Å². The molecule has 0 heterocycles. The van der Waals surface area contributed by atoms with Gasteiger partial charge in [0.1, 0.15) is 12.4 Å². The Morgan fingerprint density at radius 3 is 2.48 bits per heavy atom. The van der Waals surface area contributed by atoms with E-state index in [4.69, 9.17) is 21.4 Å². The first-order valence-corrected chi connectivity index (χ1v) is 7.42. The highest BCUT2D eigenvalue weighted by Crippen LogP contribution is 2.29. The minimum Gasteiger partial charge on any atom is -0.487 e. The number of para-hydroxylation sites is 1. The quantitative estimate of drug-likeness (QED) is 0.822. The topological polar surface area (TPSA) is 41.5 Å². The molecule has 21 heavy (non-hydrogen) atoms. The van der Waals surface area contributed by atoms with E-state index >= 15 is 0 Å². The van der Waals surface area contributed by atoms with E-state index in [0.29, 0.717) is 11.6 Å². The van der Waals surface area contributed by atoms with Gasteiger partial charge in [-0.05, 0) is 23.7 Å². The average molecular weight is 306 g/mol. The SMILES string of the molecule is CCNCc1cccc(Cl)c1OCc1ccc(CO)cc1. The van der Waals surface area contributed by atoms with Gasteiger partial charge in [0.2, 0.25) is 0 Å². The normalized spacial score (nSPS) is 10.6. The monoisotopic (exact) mass is 305 g/mol. The molecule has 0 atom stereocenters. The van der Waals surface area contributed by atoms with Crippen molar-refractivity contribution in [3.05, 3.63) is 64.2 Å². The number of hydrogen-bond donors (Lipinski definition) is 2. The summed E-state index contributed by atoms with van der Waals surface area (Å²) >= 11 is 6.24. The number of rotatable bonds is 7. The molecule has 112 valence electrons. The summed E-state index contributed by atoms with van der Waals surface area (Å²) in [5.74, 6) is 0.728. The lowest BCUT2D eigenvalue weighted by molar-refractivity contribution is 0.281. The van der Waals surface area contributed by atoms with Gasteiger partial charge >= 0.3 is 0 Å². The number of ether oxygens (including phenoxy) is 1. The van der Waals surface area contributed by atoms with E-state index in [1.165, 1.54) is 0 Å². The summed E-state index contributed by atoms with van der Waals surface area (Å²) in [6.45, 7) is 4.20. The van der Waals surface area contributed by atoms with Gasteiger partial charge in [-0.2, -0.15) is 0 Å². The molecule has 2 N–H and O–H groups in total. The largest absolute Gasteiger partial charge is 0.487 e. The van der Waals surface area contributed by atoms with Crippen molar-refractivity contribution in [2.45, 2.75) is 26.7 Å². The van der Waals surface area contributed by atoms with Crippen LogP contribution in [-0.4, -0.2) is 11.7 Å². The molecule has 3 nitrogen and oxygen atoms in total. The first-order chi connectivity index (χ1) is 10.2. The molecule has 2 rings (SSSR count). The molecule has 2 aromatic rings. The highest BCUT2D eigenvalue weighted by Gasteiger charge is 2.08. The number of hydrogen-bond acceptors (Lipinski definition) is 3. The molecular formula is C17H20ClNO2. The maximum Gasteiger partial charge on any atom is 0.142 e. The number of aliphatic hydroxyl groups excluding tert-OH is 1. The summed E-state index contributed by atoms with van der Waals surface area (Å²) in [5.41, 5.74) is 2.99. The van der Waals surface area contributed by atoms with Gasteiger partial charge in [-0.15, -0.1) is 0 Å². The molecule has 0 aliphatic carbocycles. The third-order valence-electron chi connectivity index (χ3n) is 3.20. The Hall–Kier alpha value is -1.55. The molecule has 0 saturated carbocycles. The molecule has 2 aromatic carbocycles. The fraction of sp³-hybridized carbons (Fsp3) is 0.294. The number of aliphatic hydroxyl groups is 1. The summed E-state index contributed by atoms with van der Waals surface area (Å²) < 4.78 is 5.89. The van der Waals surface area contributed by atoms with Crippen LogP contribution in [0.1, 0.15) is 23.6 Å². The minimum absolute atomic E-state index is 0.0541. The van der Waals surface area contributed by atoms with Gasteiger partial charge in [-0.25, -0.2) is 0 Å². The van der Waals surface area contributed by atoms with Crippen molar-refractivity contribution in [1.29, 1.82) is 0 Å². The number of benzene rings is 2. The van der Waals surface area contributed by atoms with Crippen LogP contribution < -0.4 is 10.1 Å². The van der Waals surface area contributed by atoms with E-state index in [1.807, 2.05) is 42.5 Å². The number of halogens is 1. The highest BCUT2D eigenvalue weighted by molar-refractivity contribution is 6.32. The molecule has 0 spiro atoms. The summed E-state index contributed by atoms with van der Waals surface area (Å²) in [6.07, 6.45) is 0. The average Bonchev–Trinajstić information content (AvgIpc) is 2.52. The van der Waals surface area contributed by atoms with Crippen molar-refractivity contribution in [2.24, 2.45) is 0 Å². The molecule has 0 saturated heterocycles. The molecule has 4 heteroatoms. The first kappa shape index (κ1) is 15.8. The van der Waals surface area contributed by atoms with Crippen LogP contribution in [-0.2, 0) is 19.8 Å². The van der Waals surface area contributed by atoms with Crippen LogP contribution in [0.5, 0.6) is 5.75 Å². The Bertz CT molecular complexity index is 570. The molecule has 0 unspecified atom stereocenters. The van der Waals surface area contributed by atoms with Crippen LogP contribution in [0.2, 0.25) is 5.02 Å². The molecule has 0 bridgehead atoms. The van der Waals surface area contributed by atoms with Crippen molar-refractivity contribution in [3.8, 4) is 5.75 Å². The second-order valence-electron chi connectivity index (χ2n) is 4.77. The second-order valence-corrected chi connectivity index (χ2v) is 5.18. The molecule has 0 radical (unpaired) electrons. The molecule has 0 aliphatic heterocycles. The highest BCUT2D eigenvalue weighted by atomic mass is 35.5. The van der Waals surface area contributed by atoms with E-state index < -0.39 is 0 Å². The Labute approximate surface area is 130 Å². The summed E-state index contributed by atoms with van der Waals surface area (Å²) in [4.78, 5) is 0. The van der Waals surface area contributed by atoms with Crippen molar-refractivity contribution in [3.63, 3.8) is 0 Å². The van der Waals surface area contributed by atoms with Gasteiger partial charge < -0.3 is 15.2 Å². The minimum atomic E-state index is 0.0541. The van der Waals surface area contributed by atoms with Crippen molar-refractivity contribution in [1.82, 2.24) is 5.32 Å². The van der Waals surface area contributed by atoms with Crippen LogP contribution in [0.3, 0.4) is 0 Å². The van der Waals surface area contributed by atoms with Gasteiger partial charge in [0.15, 0.2) is 0 Å².